The number of carbonyl (C=O) groups is 2. The van der Waals surface area contributed by atoms with Crippen molar-refractivity contribution in [3.8, 4) is 0 Å². The number of likely N-dealkylation sites (N-methyl/N-ethyl adjacent to an activating group) is 1. The van der Waals surface area contributed by atoms with Crippen LogP contribution in [0.5, 0.6) is 0 Å². The number of rotatable bonds is 63. The van der Waals surface area contributed by atoms with Gasteiger partial charge in [0.25, 0.3) is 7.82 Å². The first-order valence-corrected chi connectivity index (χ1v) is 36.7. The lowest BCUT2D eigenvalue weighted by atomic mass is 10.0. The summed E-state index contributed by atoms with van der Waals surface area (Å²) >= 11 is 0. The second-order valence-electron chi connectivity index (χ2n) is 24.1. The molecule has 0 saturated carbocycles. The van der Waals surface area contributed by atoms with Crippen molar-refractivity contribution in [1.29, 1.82) is 0 Å². The van der Waals surface area contributed by atoms with E-state index in [1.54, 1.807) is 0 Å². The van der Waals surface area contributed by atoms with Gasteiger partial charge in [0.15, 0.2) is 6.10 Å². The largest absolute Gasteiger partial charge is 0.756 e. The molecule has 0 aromatic heterocycles. The highest BCUT2D eigenvalue weighted by Gasteiger charge is 2.22. The van der Waals surface area contributed by atoms with Crippen molar-refractivity contribution in [2.24, 2.45) is 0 Å². The summed E-state index contributed by atoms with van der Waals surface area (Å²) < 4.78 is 34.2. The molecule has 0 aliphatic heterocycles. The fourth-order valence-corrected chi connectivity index (χ4v) is 9.97. The van der Waals surface area contributed by atoms with Crippen LogP contribution in [0.2, 0.25) is 0 Å². The SMILES string of the molecule is CC/C=C\C/C=C\C/C=C\C/C=C\C/C=C\C/C=C\C/C=C\C/C=C\C/C=C\CCCC(=O)OC(COC(=O)CCCCCCCCCCCCCCCCCCCCCCCC/C=C\C/C=C\C/C=C\C/C=C\CC)COP(=O)([O-])OCC[N+](C)(C)C. The molecular weight excluding hydrogens is 1110 g/mol. The van der Waals surface area contributed by atoms with E-state index in [9.17, 15) is 19.0 Å². The average Bonchev–Trinajstić information content (AvgIpc) is 3.68. The van der Waals surface area contributed by atoms with E-state index in [4.69, 9.17) is 18.5 Å². The van der Waals surface area contributed by atoms with Crippen LogP contribution < -0.4 is 4.89 Å². The van der Waals surface area contributed by atoms with Gasteiger partial charge < -0.3 is 27.9 Å². The van der Waals surface area contributed by atoms with E-state index >= 15 is 0 Å². The van der Waals surface area contributed by atoms with Crippen molar-refractivity contribution < 1.29 is 42.1 Å². The second-order valence-corrected chi connectivity index (χ2v) is 25.5. The van der Waals surface area contributed by atoms with Gasteiger partial charge in [-0.05, 0) is 116 Å². The number of hydrogen-bond donors (Lipinski definition) is 0. The number of unbranched alkanes of at least 4 members (excludes halogenated alkanes) is 23. The number of carbonyl (C=O) groups excluding carboxylic acids is 2. The van der Waals surface area contributed by atoms with E-state index in [-0.39, 0.29) is 26.1 Å². The molecule has 0 aliphatic carbocycles. The molecule has 0 saturated heterocycles. The number of phosphoric acid groups is 1. The highest BCUT2D eigenvalue weighted by Crippen LogP contribution is 2.38. The molecule has 0 fully saturated rings. The van der Waals surface area contributed by atoms with Crippen molar-refractivity contribution in [3.63, 3.8) is 0 Å². The molecule has 500 valence electrons. The molecule has 0 aromatic carbocycles. The molecule has 0 N–H and O–H groups in total. The van der Waals surface area contributed by atoms with Gasteiger partial charge in [0, 0.05) is 12.8 Å². The van der Waals surface area contributed by atoms with E-state index in [1.807, 2.05) is 27.2 Å². The zero-order valence-corrected chi connectivity index (χ0v) is 57.8. The molecule has 2 atom stereocenters. The smallest absolute Gasteiger partial charge is 0.306 e. The van der Waals surface area contributed by atoms with Crippen LogP contribution in [0.1, 0.15) is 271 Å². The molecule has 2 unspecified atom stereocenters. The van der Waals surface area contributed by atoms with E-state index in [0.717, 1.165) is 103 Å². The van der Waals surface area contributed by atoms with Crippen LogP contribution in [0.15, 0.2) is 158 Å². The average molecular weight is 1240 g/mol. The van der Waals surface area contributed by atoms with Gasteiger partial charge in [0.1, 0.15) is 19.8 Å². The maximum atomic E-state index is 12.8. The Balaban J connectivity index is 4.13. The van der Waals surface area contributed by atoms with E-state index in [1.165, 1.54) is 128 Å². The van der Waals surface area contributed by atoms with Crippen LogP contribution in [0, 0.1) is 0 Å². The summed E-state index contributed by atoms with van der Waals surface area (Å²) in [6.07, 6.45) is 101. The Hall–Kier alpha value is -4.37. The minimum Gasteiger partial charge on any atom is -0.756 e. The Labute approximate surface area is 541 Å². The van der Waals surface area contributed by atoms with Gasteiger partial charge in [-0.15, -0.1) is 0 Å². The number of nitrogens with zero attached hydrogens (tertiary/aromatic N) is 1. The number of hydrogen-bond acceptors (Lipinski definition) is 8. The van der Waals surface area contributed by atoms with E-state index in [0.29, 0.717) is 23.9 Å². The molecule has 0 rings (SSSR count). The van der Waals surface area contributed by atoms with Crippen LogP contribution in [0.4, 0.5) is 0 Å². The maximum Gasteiger partial charge on any atom is 0.306 e. The lowest BCUT2D eigenvalue weighted by Gasteiger charge is -2.28. The van der Waals surface area contributed by atoms with E-state index in [2.05, 4.69) is 166 Å². The summed E-state index contributed by atoms with van der Waals surface area (Å²) in [5.74, 6) is -0.906. The summed E-state index contributed by atoms with van der Waals surface area (Å²) in [5.41, 5.74) is 0. The summed E-state index contributed by atoms with van der Waals surface area (Å²) in [7, 11) is 1.12. The van der Waals surface area contributed by atoms with Gasteiger partial charge in [0.2, 0.25) is 0 Å². The first-order chi connectivity index (χ1) is 43.0. The normalized spacial score (nSPS) is 14.1. The van der Waals surface area contributed by atoms with Crippen LogP contribution in [0.25, 0.3) is 0 Å². The maximum absolute atomic E-state index is 12.8. The van der Waals surface area contributed by atoms with Gasteiger partial charge in [-0.3, -0.25) is 14.2 Å². The number of ether oxygens (including phenoxy) is 2. The number of esters is 2. The zero-order valence-electron chi connectivity index (χ0n) is 56.9. The fraction of sp³-hybridized carbons (Fsp3) is 0.641. The first-order valence-electron chi connectivity index (χ1n) is 35.2. The van der Waals surface area contributed by atoms with Crippen LogP contribution in [-0.2, 0) is 32.7 Å². The predicted octanol–water partition coefficient (Wildman–Crippen LogP) is 22.5. The summed E-state index contributed by atoms with van der Waals surface area (Å²) in [5, 5.41) is 0. The molecule has 0 radical (unpaired) electrons. The third-order valence-corrected chi connectivity index (χ3v) is 15.5. The topological polar surface area (TPSA) is 111 Å². The van der Waals surface area contributed by atoms with Gasteiger partial charge in [0.05, 0.1) is 27.7 Å². The van der Waals surface area contributed by atoms with Gasteiger partial charge in [-0.2, -0.15) is 0 Å². The predicted molar refractivity (Wildman–Crippen MR) is 378 cm³/mol. The third-order valence-electron chi connectivity index (χ3n) is 14.5. The van der Waals surface area contributed by atoms with Crippen molar-refractivity contribution in [3.05, 3.63) is 158 Å². The van der Waals surface area contributed by atoms with Crippen LogP contribution in [0.3, 0.4) is 0 Å². The zero-order chi connectivity index (χ0) is 64.1. The first kappa shape index (κ1) is 83.6. The third kappa shape index (κ3) is 70.7. The quantitative estimate of drug-likeness (QED) is 0.0195. The Morgan fingerprint density at radius 2 is 0.625 bits per heavy atom. The van der Waals surface area contributed by atoms with Crippen molar-refractivity contribution >= 4 is 19.8 Å². The van der Waals surface area contributed by atoms with Crippen molar-refractivity contribution in [2.45, 2.75) is 277 Å². The number of allylic oxidation sites excluding steroid dienone is 26. The molecule has 9 nitrogen and oxygen atoms in total. The Kier molecular flexibility index (Phi) is 63.7. The Bertz CT molecular complexity index is 2040. The molecule has 88 heavy (non-hydrogen) atoms. The lowest BCUT2D eigenvalue weighted by molar-refractivity contribution is -0.870. The minimum atomic E-state index is -4.67. The van der Waals surface area contributed by atoms with E-state index < -0.39 is 32.5 Å². The highest BCUT2D eigenvalue weighted by atomic mass is 31.2. The van der Waals surface area contributed by atoms with Gasteiger partial charge >= 0.3 is 11.9 Å². The van der Waals surface area contributed by atoms with Crippen LogP contribution in [-0.4, -0.2) is 70.0 Å². The molecule has 0 aromatic rings. The molecule has 0 bridgehead atoms. The van der Waals surface area contributed by atoms with Crippen molar-refractivity contribution in [2.75, 3.05) is 47.5 Å². The summed E-state index contributed by atoms with van der Waals surface area (Å²) in [4.78, 5) is 38.0. The van der Waals surface area contributed by atoms with Crippen molar-refractivity contribution in [1.82, 2.24) is 0 Å². The summed E-state index contributed by atoms with van der Waals surface area (Å²) in [6, 6.07) is 0. The molecule has 0 amide bonds. The molecule has 0 spiro atoms. The number of quaternary nitrogens is 1. The molecule has 0 heterocycles. The summed E-state index contributed by atoms with van der Waals surface area (Å²) in [6.45, 7) is 3.95. The Morgan fingerprint density at radius 3 is 0.943 bits per heavy atom. The monoisotopic (exact) mass is 1240 g/mol. The molecule has 0 aliphatic rings. The minimum absolute atomic E-state index is 0.0488. The number of phosphoric ester groups is 1. The van der Waals surface area contributed by atoms with Gasteiger partial charge in [-0.1, -0.05) is 300 Å². The van der Waals surface area contributed by atoms with Crippen LogP contribution >= 0.6 is 7.82 Å². The Morgan fingerprint density at radius 1 is 0.352 bits per heavy atom. The molecular formula is C78H130NO8P. The fourth-order valence-electron chi connectivity index (χ4n) is 9.24. The molecule has 10 heteroatoms. The standard InChI is InChI=1S/C78H130NO8P/c1-6-8-10-12-14-16-18-20-22-24-26-28-30-32-34-36-37-38-39-40-41-43-44-46-48-50-52-54-56-58-60-62-64-66-68-70-77(80)84-74-76(75-86-88(82,83)85-73-72-79(3,4)5)87-78(81)71-69-67-65-63-61-59-57-55-53-51-49-47-45-42-35-33-31-29-27-25-23-21-19-17-15-13-11-9-7-2/h8-11,14-17,20-23,26-29,33,35,45,47,51,53,57,59,63,65,76H,6-7,12-13,18-19,24-25,30-32,34,36-44,46,48-50,52,54-56,58,60-62,64,66-75H2,1-5H3/b10-8-,11-9-,16-14-,17-15-,22-20-,23-21-,28-26-,29-27-,35-33-,47-45-,53-51-,59-57-,65-63-. The highest BCUT2D eigenvalue weighted by molar-refractivity contribution is 7.45. The van der Waals surface area contributed by atoms with Gasteiger partial charge in [-0.25, -0.2) is 0 Å². The second kappa shape index (κ2) is 67.0. The lowest BCUT2D eigenvalue weighted by Crippen LogP contribution is -2.37.